The quantitative estimate of drug-likeness (QED) is 0.790. The molecule has 1 fully saturated rings. The number of carbonyl (C=O) groups excluding carboxylic acids is 1. The summed E-state index contributed by atoms with van der Waals surface area (Å²) < 4.78 is 1.14. The third kappa shape index (κ3) is 4.47. The second kappa shape index (κ2) is 8.80. The molecule has 5 nitrogen and oxygen atoms in total. The van der Waals surface area contributed by atoms with E-state index in [0.717, 1.165) is 65.6 Å². The van der Waals surface area contributed by atoms with Gasteiger partial charge in [0.2, 0.25) is 0 Å². The van der Waals surface area contributed by atoms with E-state index in [9.17, 15) is 4.79 Å². The molecule has 0 bridgehead atoms. The van der Waals surface area contributed by atoms with Gasteiger partial charge in [0.25, 0.3) is 5.91 Å². The van der Waals surface area contributed by atoms with Gasteiger partial charge >= 0.3 is 0 Å². The molecule has 1 saturated heterocycles. The zero-order valence-corrected chi connectivity index (χ0v) is 16.7. The van der Waals surface area contributed by atoms with Crippen molar-refractivity contribution in [1.82, 2.24) is 9.88 Å². The highest BCUT2D eigenvalue weighted by Gasteiger charge is 2.24. The molecule has 0 N–H and O–H groups in total. The highest BCUT2D eigenvalue weighted by molar-refractivity contribution is 8.38. The van der Waals surface area contributed by atoms with Crippen molar-refractivity contribution < 1.29 is 4.79 Å². The Balaban J connectivity index is 1.40. The van der Waals surface area contributed by atoms with Crippen LogP contribution < -0.4 is 4.90 Å². The number of benzene rings is 1. The SMILES string of the molecule is O=C(c1ccccc1CSC1=NCCS1)N1CCN(c2ccccn2)CC1. The molecule has 140 valence electrons. The zero-order chi connectivity index (χ0) is 18.5. The molecule has 0 radical (unpaired) electrons. The molecular weight excluding hydrogens is 376 g/mol. The van der Waals surface area contributed by atoms with Crippen molar-refractivity contribution in [2.75, 3.05) is 43.4 Å². The predicted octanol–water partition coefficient (Wildman–Crippen LogP) is 3.38. The fourth-order valence-corrected chi connectivity index (χ4v) is 5.26. The maximum absolute atomic E-state index is 13.1. The zero-order valence-electron chi connectivity index (χ0n) is 15.1. The summed E-state index contributed by atoms with van der Waals surface area (Å²) in [4.78, 5) is 26.2. The Morgan fingerprint density at radius 3 is 2.63 bits per heavy atom. The monoisotopic (exact) mass is 398 g/mol. The molecule has 0 atom stereocenters. The minimum atomic E-state index is 0.132. The summed E-state index contributed by atoms with van der Waals surface area (Å²) in [6.45, 7) is 3.98. The van der Waals surface area contributed by atoms with Crippen LogP contribution in [0.3, 0.4) is 0 Å². The number of carbonyl (C=O) groups is 1. The number of anilines is 1. The predicted molar refractivity (Wildman–Crippen MR) is 115 cm³/mol. The minimum absolute atomic E-state index is 0.132. The number of rotatable bonds is 4. The van der Waals surface area contributed by atoms with Crippen LogP contribution in [-0.4, -0.2) is 58.6 Å². The lowest BCUT2D eigenvalue weighted by Crippen LogP contribution is -2.49. The number of aromatic nitrogens is 1. The summed E-state index contributed by atoms with van der Waals surface area (Å²) in [6, 6.07) is 13.9. The number of nitrogens with zero attached hydrogens (tertiary/aromatic N) is 4. The van der Waals surface area contributed by atoms with Gasteiger partial charge in [0, 0.05) is 49.4 Å². The molecule has 3 heterocycles. The van der Waals surface area contributed by atoms with E-state index in [4.69, 9.17) is 0 Å². The van der Waals surface area contributed by atoms with Crippen LogP contribution in [0.1, 0.15) is 15.9 Å². The van der Waals surface area contributed by atoms with Gasteiger partial charge in [0.15, 0.2) is 0 Å². The lowest BCUT2D eigenvalue weighted by atomic mass is 10.1. The second-order valence-corrected chi connectivity index (χ2v) is 8.72. The van der Waals surface area contributed by atoms with E-state index in [1.807, 2.05) is 59.3 Å². The largest absolute Gasteiger partial charge is 0.353 e. The number of pyridine rings is 1. The van der Waals surface area contributed by atoms with Gasteiger partial charge in [-0.05, 0) is 23.8 Å². The third-order valence-corrected chi connectivity index (χ3v) is 7.00. The number of thioether (sulfide) groups is 2. The van der Waals surface area contributed by atoms with Gasteiger partial charge in [0.1, 0.15) is 10.2 Å². The van der Waals surface area contributed by atoms with Gasteiger partial charge in [0.05, 0.1) is 6.54 Å². The van der Waals surface area contributed by atoms with Gasteiger partial charge < -0.3 is 9.80 Å². The molecule has 4 rings (SSSR count). The molecule has 0 aliphatic carbocycles. The van der Waals surface area contributed by atoms with Gasteiger partial charge in [-0.3, -0.25) is 9.79 Å². The minimum Gasteiger partial charge on any atom is -0.353 e. The first kappa shape index (κ1) is 18.4. The molecule has 1 amide bonds. The van der Waals surface area contributed by atoms with Gasteiger partial charge in [-0.1, -0.05) is 47.8 Å². The Bertz CT molecular complexity index is 820. The maximum atomic E-state index is 13.1. The molecule has 2 aliphatic heterocycles. The Morgan fingerprint density at radius 2 is 1.89 bits per heavy atom. The maximum Gasteiger partial charge on any atom is 0.254 e. The average molecular weight is 399 g/mol. The first-order chi connectivity index (χ1) is 13.3. The van der Waals surface area contributed by atoms with Crippen LogP contribution in [0, 0.1) is 0 Å². The molecule has 1 aromatic heterocycles. The number of amides is 1. The highest BCUT2D eigenvalue weighted by atomic mass is 32.2. The Labute approximate surface area is 168 Å². The van der Waals surface area contributed by atoms with Gasteiger partial charge in [-0.15, -0.1) is 0 Å². The summed E-state index contributed by atoms with van der Waals surface area (Å²) in [5.74, 6) is 2.98. The Hall–Kier alpha value is -1.99. The molecule has 1 aromatic carbocycles. The van der Waals surface area contributed by atoms with Crippen molar-refractivity contribution in [3.63, 3.8) is 0 Å². The van der Waals surface area contributed by atoms with E-state index in [-0.39, 0.29) is 5.91 Å². The van der Waals surface area contributed by atoms with E-state index in [1.165, 1.54) is 0 Å². The number of piperazine rings is 1. The van der Waals surface area contributed by atoms with Crippen LogP contribution >= 0.6 is 23.5 Å². The number of hydrogen-bond donors (Lipinski definition) is 0. The first-order valence-electron chi connectivity index (χ1n) is 9.14. The summed E-state index contributed by atoms with van der Waals surface area (Å²) in [6.07, 6.45) is 1.81. The van der Waals surface area contributed by atoms with Crippen LogP contribution in [0.25, 0.3) is 0 Å². The lowest BCUT2D eigenvalue weighted by Gasteiger charge is -2.35. The molecule has 7 heteroatoms. The van der Waals surface area contributed by atoms with E-state index in [1.54, 1.807) is 11.8 Å². The van der Waals surface area contributed by atoms with Crippen LogP contribution in [0.4, 0.5) is 5.82 Å². The fraction of sp³-hybridized carbons (Fsp3) is 0.350. The second-order valence-electron chi connectivity index (χ2n) is 6.41. The number of aliphatic imine (C=N–C) groups is 1. The van der Waals surface area contributed by atoms with Gasteiger partial charge in [-0.2, -0.15) is 0 Å². The Morgan fingerprint density at radius 1 is 1.07 bits per heavy atom. The van der Waals surface area contributed by atoms with E-state index < -0.39 is 0 Å². The summed E-state index contributed by atoms with van der Waals surface area (Å²) >= 11 is 3.55. The fourth-order valence-electron chi connectivity index (χ4n) is 3.25. The average Bonchev–Trinajstić information content (AvgIpc) is 3.26. The third-order valence-electron chi connectivity index (χ3n) is 4.70. The standard InChI is InChI=1S/C20H22N4OS2/c25-19(24-12-10-23(11-13-24)18-7-3-4-8-21-18)17-6-2-1-5-16(17)15-27-20-22-9-14-26-20/h1-8H,9-15H2. The lowest BCUT2D eigenvalue weighted by molar-refractivity contribution is 0.0745. The molecular formula is C20H22N4OS2. The Kier molecular flexibility index (Phi) is 5.99. The van der Waals surface area contributed by atoms with E-state index in [2.05, 4.69) is 20.9 Å². The van der Waals surface area contributed by atoms with E-state index >= 15 is 0 Å². The molecule has 0 unspecified atom stereocenters. The summed E-state index contributed by atoms with van der Waals surface area (Å²) in [7, 11) is 0. The molecule has 0 spiro atoms. The van der Waals surface area contributed by atoms with Crippen LogP contribution in [0.2, 0.25) is 0 Å². The molecule has 2 aliphatic rings. The highest BCUT2D eigenvalue weighted by Crippen LogP contribution is 2.27. The summed E-state index contributed by atoms with van der Waals surface area (Å²) in [5, 5.41) is 0. The van der Waals surface area contributed by atoms with Crippen molar-refractivity contribution in [2.45, 2.75) is 5.75 Å². The summed E-state index contributed by atoms with van der Waals surface area (Å²) in [5.41, 5.74) is 1.91. The van der Waals surface area contributed by atoms with Crippen LogP contribution in [0.15, 0.2) is 53.7 Å². The van der Waals surface area contributed by atoms with Crippen LogP contribution in [-0.2, 0) is 5.75 Å². The smallest absolute Gasteiger partial charge is 0.254 e. The van der Waals surface area contributed by atoms with Crippen molar-refractivity contribution >= 4 is 39.6 Å². The van der Waals surface area contributed by atoms with Crippen molar-refractivity contribution in [2.24, 2.45) is 4.99 Å². The van der Waals surface area contributed by atoms with Crippen LogP contribution in [0.5, 0.6) is 0 Å². The topological polar surface area (TPSA) is 48.8 Å². The van der Waals surface area contributed by atoms with Crippen molar-refractivity contribution in [1.29, 1.82) is 0 Å². The first-order valence-corrected chi connectivity index (χ1v) is 11.1. The van der Waals surface area contributed by atoms with Gasteiger partial charge in [-0.25, -0.2) is 4.98 Å². The van der Waals surface area contributed by atoms with Crippen molar-refractivity contribution in [3.8, 4) is 0 Å². The molecule has 0 saturated carbocycles. The molecule has 27 heavy (non-hydrogen) atoms. The molecule has 2 aromatic rings. The number of hydrogen-bond acceptors (Lipinski definition) is 6. The van der Waals surface area contributed by atoms with E-state index in [0.29, 0.717) is 0 Å². The normalized spacial score (nSPS) is 17.1. The van der Waals surface area contributed by atoms with Crippen molar-refractivity contribution in [3.05, 3.63) is 59.8 Å².